The van der Waals surface area contributed by atoms with Gasteiger partial charge in [0.2, 0.25) is 0 Å². The van der Waals surface area contributed by atoms with Crippen LogP contribution in [0.4, 0.5) is 0 Å². The predicted octanol–water partition coefficient (Wildman–Crippen LogP) is 3.40. The van der Waals surface area contributed by atoms with Crippen LogP contribution in [0.15, 0.2) is 66.7 Å². The molecule has 2 nitrogen and oxygen atoms in total. The van der Waals surface area contributed by atoms with Gasteiger partial charge in [-0.05, 0) is 22.7 Å². The number of fused-ring (bicyclic) bond motifs is 3. The second kappa shape index (κ2) is 5.25. The van der Waals surface area contributed by atoms with E-state index >= 15 is 0 Å². The van der Waals surface area contributed by atoms with Crippen LogP contribution in [0.5, 0.6) is 0 Å². The van der Waals surface area contributed by atoms with Gasteiger partial charge in [-0.3, -0.25) is 0 Å². The van der Waals surface area contributed by atoms with Crippen LogP contribution in [-0.4, -0.2) is 17.2 Å². The summed E-state index contributed by atoms with van der Waals surface area (Å²) in [7, 11) is -1.43. The Balaban J connectivity index is 2.03. The first-order valence-electron chi connectivity index (χ1n) is 7.11. The minimum atomic E-state index is -1.43. The molecule has 0 aliphatic rings. The fourth-order valence-corrected chi connectivity index (χ4v) is 4.11. The largest absolute Gasteiger partial charge is 0.488 e. The van der Waals surface area contributed by atoms with E-state index in [-0.39, 0.29) is 0 Å². The van der Waals surface area contributed by atoms with Crippen LogP contribution < -0.4 is 5.46 Å². The van der Waals surface area contributed by atoms with Crippen molar-refractivity contribution in [1.82, 2.24) is 0 Å². The molecule has 106 valence electrons. The summed E-state index contributed by atoms with van der Waals surface area (Å²) < 4.78 is 2.30. The molecule has 4 heteroatoms. The number of rotatable bonds is 2. The quantitative estimate of drug-likeness (QED) is 0.557. The topological polar surface area (TPSA) is 40.5 Å². The first-order chi connectivity index (χ1) is 10.7. The normalized spacial score (nSPS) is 11.2. The second-order valence-corrected chi connectivity index (χ2v) is 6.33. The van der Waals surface area contributed by atoms with Gasteiger partial charge in [-0.25, -0.2) is 0 Å². The van der Waals surface area contributed by atoms with Crippen molar-refractivity contribution in [2.24, 2.45) is 0 Å². The van der Waals surface area contributed by atoms with E-state index in [9.17, 15) is 10.0 Å². The molecule has 0 unspecified atom stereocenters. The lowest BCUT2D eigenvalue weighted by Crippen LogP contribution is -2.29. The van der Waals surface area contributed by atoms with Gasteiger partial charge in [-0.15, -0.1) is 11.3 Å². The van der Waals surface area contributed by atoms with Gasteiger partial charge in [0.25, 0.3) is 0 Å². The Morgan fingerprint density at radius 2 is 1.59 bits per heavy atom. The highest BCUT2D eigenvalue weighted by Gasteiger charge is 2.14. The van der Waals surface area contributed by atoms with Crippen molar-refractivity contribution < 1.29 is 10.0 Å². The highest BCUT2D eigenvalue weighted by atomic mass is 32.1. The lowest BCUT2D eigenvalue weighted by atomic mass is 9.80. The smallest absolute Gasteiger partial charge is 0.423 e. The molecule has 22 heavy (non-hydrogen) atoms. The van der Waals surface area contributed by atoms with Gasteiger partial charge in [0.15, 0.2) is 0 Å². The van der Waals surface area contributed by atoms with E-state index in [4.69, 9.17) is 0 Å². The molecule has 0 aliphatic carbocycles. The first kappa shape index (κ1) is 13.5. The third kappa shape index (κ3) is 2.13. The third-order valence-electron chi connectivity index (χ3n) is 3.91. The minimum absolute atomic E-state index is 0.528. The maximum atomic E-state index is 9.35. The molecule has 0 spiro atoms. The molecule has 0 aliphatic heterocycles. The van der Waals surface area contributed by atoms with Crippen molar-refractivity contribution in [3.63, 3.8) is 0 Å². The Morgan fingerprint density at radius 1 is 0.773 bits per heavy atom. The van der Waals surface area contributed by atoms with Gasteiger partial charge in [0, 0.05) is 20.2 Å². The maximum Gasteiger partial charge on any atom is 0.488 e. The Morgan fingerprint density at radius 3 is 2.36 bits per heavy atom. The van der Waals surface area contributed by atoms with Crippen molar-refractivity contribution in [3.05, 3.63) is 66.7 Å². The summed E-state index contributed by atoms with van der Waals surface area (Å²) in [4.78, 5) is 0. The Hall–Kier alpha value is -2.14. The first-order valence-corrected chi connectivity index (χ1v) is 7.92. The second-order valence-electron chi connectivity index (χ2n) is 5.28. The summed E-state index contributed by atoms with van der Waals surface area (Å²) in [6, 6.07) is 22.3. The van der Waals surface area contributed by atoms with Gasteiger partial charge in [-0.2, -0.15) is 0 Å². The monoisotopic (exact) mass is 304 g/mol. The van der Waals surface area contributed by atoms with Gasteiger partial charge in [0.1, 0.15) is 0 Å². The van der Waals surface area contributed by atoms with Crippen LogP contribution >= 0.6 is 11.3 Å². The van der Waals surface area contributed by atoms with Crippen LogP contribution in [0.1, 0.15) is 0 Å². The Bertz CT molecular complexity index is 961. The van der Waals surface area contributed by atoms with E-state index in [1.165, 1.54) is 21.2 Å². The van der Waals surface area contributed by atoms with Gasteiger partial charge in [-0.1, -0.05) is 60.7 Å². The number of hydrogen-bond donors (Lipinski definition) is 2. The van der Waals surface area contributed by atoms with Crippen molar-refractivity contribution in [2.45, 2.75) is 0 Å². The highest BCUT2D eigenvalue weighted by Crippen LogP contribution is 2.39. The number of hydrogen-bond acceptors (Lipinski definition) is 3. The van der Waals surface area contributed by atoms with E-state index in [0.717, 1.165) is 10.1 Å². The SMILES string of the molecule is OB(O)c1ccc2c(c1)sc1c(-c3ccccc3)cccc12. The standard InChI is InChI=1S/C18H13BO2S/c20-19(21)13-9-10-15-16-8-4-7-14(12-5-2-1-3-6-12)18(16)22-17(15)11-13/h1-11,20-21H. The molecule has 0 fully saturated rings. The summed E-state index contributed by atoms with van der Waals surface area (Å²) in [5, 5.41) is 21.1. The average molecular weight is 304 g/mol. The molecular weight excluding hydrogens is 291 g/mol. The molecule has 0 bridgehead atoms. The zero-order chi connectivity index (χ0) is 15.1. The van der Waals surface area contributed by atoms with Gasteiger partial charge >= 0.3 is 7.12 Å². The van der Waals surface area contributed by atoms with Crippen LogP contribution in [0.3, 0.4) is 0 Å². The van der Waals surface area contributed by atoms with Gasteiger partial charge in [0.05, 0.1) is 0 Å². The Labute approximate surface area is 132 Å². The molecule has 0 saturated heterocycles. The van der Waals surface area contributed by atoms with Crippen molar-refractivity contribution >= 4 is 44.1 Å². The summed E-state index contributed by atoms with van der Waals surface area (Å²) >= 11 is 1.69. The molecule has 1 heterocycles. The van der Waals surface area contributed by atoms with E-state index < -0.39 is 7.12 Å². The molecule has 3 aromatic carbocycles. The van der Waals surface area contributed by atoms with E-state index in [1.54, 1.807) is 17.4 Å². The number of thiophene rings is 1. The molecule has 0 amide bonds. The molecule has 1 aromatic heterocycles. The van der Waals surface area contributed by atoms with E-state index in [1.807, 2.05) is 30.3 Å². The summed E-state index contributed by atoms with van der Waals surface area (Å²) in [6.07, 6.45) is 0. The lowest BCUT2D eigenvalue weighted by Gasteiger charge is -2.02. The van der Waals surface area contributed by atoms with E-state index in [0.29, 0.717) is 5.46 Å². The number of benzene rings is 3. The highest BCUT2D eigenvalue weighted by molar-refractivity contribution is 7.26. The van der Waals surface area contributed by atoms with E-state index in [2.05, 4.69) is 30.3 Å². The molecule has 0 atom stereocenters. The minimum Gasteiger partial charge on any atom is -0.423 e. The fourth-order valence-electron chi connectivity index (χ4n) is 2.82. The van der Waals surface area contributed by atoms with Crippen LogP contribution in [0.2, 0.25) is 0 Å². The van der Waals surface area contributed by atoms with Crippen molar-refractivity contribution in [1.29, 1.82) is 0 Å². The molecule has 4 rings (SSSR count). The third-order valence-corrected chi connectivity index (χ3v) is 5.11. The molecule has 4 aromatic rings. The van der Waals surface area contributed by atoms with Crippen LogP contribution in [0.25, 0.3) is 31.3 Å². The van der Waals surface area contributed by atoms with Gasteiger partial charge < -0.3 is 10.0 Å². The summed E-state index contributed by atoms with van der Waals surface area (Å²) in [5.41, 5.74) is 2.94. The zero-order valence-electron chi connectivity index (χ0n) is 11.7. The fraction of sp³-hybridized carbons (Fsp3) is 0. The maximum absolute atomic E-state index is 9.35. The predicted molar refractivity (Wildman–Crippen MR) is 94.6 cm³/mol. The zero-order valence-corrected chi connectivity index (χ0v) is 12.5. The Kier molecular flexibility index (Phi) is 3.23. The molecule has 2 N–H and O–H groups in total. The van der Waals surface area contributed by atoms with Crippen LogP contribution in [0, 0.1) is 0 Å². The summed E-state index contributed by atoms with van der Waals surface area (Å²) in [5.74, 6) is 0. The summed E-state index contributed by atoms with van der Waals surface area (Å²) in [6.45, 7) is 0. The lowest BCUT2D eigenvalue weighted by molar-refractivity contribution is 0.426. The molecule has 0 saturated carbocycles. The van der Waals surface area contributed by atoms with Crippen molar-refractivity contribution in [2.75, 3.05) is 0 Å². The molecule has 0 radical (unpaired) electrons. The van der Waals surface area contributed by atoms with Crippen molar-refractivity contribution in [3.8, 4) is 11.1 Å². The van der Waals surface area contributed by atoms with Crippen LogP contribution in [-0.2, 0) is 0 Å². The average Bonchev–Trinajstić information content (AvgIpc) is 2.93. The molecular formula is C18H13BO2S.